The number of aromatic nitrogens is 4. The van der Waals surface area contributed by atoms with Crippen molar-refractivity contribution in [2.75, 3.05) is 12.4 Å². The molecule has 0 unspecified atom stereocenters. The molecule has 4 aromatic rings. The van der Waals surface area contributed by atoms with E-state index in [0.29, 0.717) is 23.5 Å². The van der Waals surface area contributed by atoms with Crippen molar-refractivity contribution in [3.05, 3.63) is 55.0 Å². The Balaban J connectivity index is 1.26. The van der Waals surface area contributed by atoms with Gasteiger partial charge in [0, 0.05) is 37.5 Å². The lowest BCUT2D eigenvalue weighted by molar-refractivity contribution is 0.103. The van der Waals surface area contributed by atoms with E-state index in [4.69, 9.17) is 9.47 Å². The fourth-order valence-electron chi connectivity index (χ4n) is 3.38. The highest BCUT2D eigenvalue weighted by molar-refractivity contribution is 7.22. The number of nitrogens with zero attached hydrogens (tertiary/aromatic N) is 4. The lowest BCUT2D eigenvalue weighted by Gasteiger charge is -2.35. The van der Waals surface area contributed by atoms with Crippen molar-refractivity contribution in [2.24, 2.45) is 0 Å². The van der Waals surface area contributed by atoms with Crippen LogP contribution in [0.3, 0.4) is 0 Å². The summed E-state index contributed by atoms with van der Waals surface area (Å²) in [5, 5.41) is 4.46. The first-order chi connectivity index (χ1) is 14.3. The number of fused-ring (bicyclic) bond motifs is 1. The van der Waals surface area contributed by atoms with Crippen molar-refractivity contribution < 1.29 is 9.47 Å². The monoisotopic (exact) mass is 405 g/mol. The van der Waals surface area contributed by atoms with E-state index in [1.165, 1.54) is 4.70 Å². The SMILES string of the molecule is COc1ncccc1-c1nccnc1O[C@H]1C[C@@H](Nc2nc3ccccc3s2)C1. The summed E-state index contributed by atoms with van der Waals surface area (Å²) in [6.45, 7) is 0. The summed E-state index contributed by atoms with van der Waals surface area (Å²) < 4.78 is 12.7. The van der Waals surface area contributed by atoms with E-state index in [-0.39, 0.29) is 6.10 Å². The maximum absolute atomic E-state index is 6.15. The van der Waals surface area contributed by atoms with Gasteiger partial charge < -0.3 is 14.8 Å². The largest absolute Gasteiger partial charge is 0.481 e. The molecule has 0 radical (unpaired) electrons. The summed E-state index contributed by atoms with van der Waals surface area (Å²) in [4.78, 5) is 17.7. The number of anilines is 1. The fraction of sp³-hybridized carbons (Fsp3) is 0.238. The number of nitrogens with one attached hydrogen (secondary N) is 1. The zero-order chi connectivity index (χ0) is 19.6. The molecule has 5 rings (SSSR count). The Bertz CT molecular complexity index is 1110. The predicted octanol–water partition coefficient (Wildman–Crippen LogP) is 4.18. The van der Waals surface area contributed by atoms with Crippen LogP contribution in [-0.2, 0) is 0 Å². The van der Waals surface area contributed by atoms with Gasteiger partial charge in [-0.05, 0) is 24.3 Å². The van der Waals surface area contributed by atoms with Crippen molar-refractivity contribution in [2.45, 2.75) is 25.0 Å². The molecule has 0 aliphatic heterocycles. The second-order valence-corrected chi connectivity index (χ2v) is 7.84. The fourth-order valence-corrected chi connectivity index (χ4v) is 4.32. The average Bonchev–Trinajstić information content (AvgIpc) is 3.15. The van der Waals surface area contributed by atoms with Crippen LogP contribution in [0.15, 0.2) is 55.0 Å². The third-order valence-electron chi connectivity index (χ3n) is 4.88. The molecule has 3 heterocycles. The Hall–Kier alpha value is -3.26. The molecule has 1 N–H and O–H groups in total. The molecule has 1 aliphatic carbocycles. The molecule has 0 atom stereocenters. The van der Waals surface area contributed by atoms with Gasteiger partial charge in [-0.1, -0.05) is 23.5 Å². The number of methoxy groups -OCH3 is 1. The van der Waals surface area contributed by atoms with Gasteiger partial charge >= 0.3 is 0 Å². The lowest BCUT2D eigenvalue weighted by Crippen LogP contribution is -2.42. The molecular weight excluding hydrogens is 386 g/mol. The minimum Gasteiger partial charge on any atom is -0.481 e. The first-order valence-corrected chi connectivity index (χ1v) is 10.2. The summed E-state index contributed by atoms with van der Waals surface area (Å²) >= 11 is 1.68. The maximum Gasteiger partial charge on any atom is 0.241 e. The lowest BCUT2D eigenvalue weighted by atomic mass is 9.89. The van der Waals surface area contributed by atoms with Crippen molar-refractivity contribution in [3.63, 3.8) is 0 Å². The first-order valence-electron chi connectivity index (χ1n) is 9.39. The summed E-state index contributed by atoms with van der Waals surface area (Å²) in [5.41, 5.74) is 2.43. The topological polar surface area (TPSA) is 82.1 Å². The molecule has 0 amide bonds. The molecule has 7 nitrogen and oxygen atoms in total. The van der Waals surface area contributed by atoms with Crippen molar-refractivity contribution in [1.29, 1.82) is 0 Å². The van der Waals surface area contributed by atoms with Crippen LogP contribution in [0.2, 0.25) is 0 Å². The second kappa shape index (κ2) is 7.63. The third kappa shape index (κ3) is 3.58. The zero-order valence-electron chi connectivity index (χ0n) is 15.8. The van der Waals surface area contributed by atoms with E-state index in [2.05, 4.69) is 31.3 Å². The minimum absolute atomic E-state index is 0.0833. The van der Waals surface area contributed by atoms with E-state index >= 15 is 0 Å². The van der Waals surface area contributed by atoms with E-state index in [0.717, 1.165) is 29.1 Å². The molecule has 8 heteroatoms. The average molecular weight is 405 g/mol. The molecular formula is C21H19N5O2S. The molecule has 0 spiro atoms. The number of thiazole rings is 1. The number of ether oxygens (including phenoxy) is 2. The van der Waals surface area contributed by atoms with Gasteiger partial charge in [-0.3, -0.25) is 0 Å². The van der Waals surface area contributed by atoms with Crippen LogP contribution < -0.4 is 14.8 Å². The van der Waals surface area contributed by atoms with Gasteiger partial charge in [0.05, 0.1) is 22.9 Å². The van der Waals surface area contributed by atoms with E-state index < -0.39 is 0 Å². The molecule has 146 valence electrons. The van der Waals surface area contributed by atoms with Crippen LogP contribution in [0.1, 0.15) is 12.8 Å². The first kappa shape index (κ1) is 17.8. The van der Waals surface area contributed by atoms with Crippen LogP contribution in [-0.4, -0.2) is 39.2 Å². The van der Waals surface area contributed by atoms with E-state index in [1.54, 1.807) is 37.0 Å². The number of benzene rings is 1. The number of rotatable bonds is 6. The molecule has 29 heavy (non-hydrogen) atoms. The Morgan fingerprint density at radius 1 is 0.966 bits per heavy atom. The van der Waals surface area contributed by atoms with Gasteiger partial charge in [-0.2, -0.15) is 0 Å². The van der Waals surface area contributed by atoms with Crippen molar-refractivity contribution in [3.8, 4) is 23.0 Å². The summed E-state index contributed by atoms with van der Waals surface area (Å²) in [6, 6.07) is 12.3. The quantitative estimate of drug-likeness (QED) is 0.515. The van der Waals surface area contributed by atoms with Crippen LogP contribution in [0.4, 0.5) is 5.13 Å². The molecule has 1 saturated carbocycles. The number of hydrogen-bond acceptors (Lipinski definition) is 8. The van der Waals surface area contributed by atoms with E-state index in [9.17, 15) is 0 Å². The number of pyridine rings is 1. The molecule has 3 aromatic heterocycles. The zero-order valence-corrected chi connectivity index (χ0v) is 16.6. The minimum atomic E-state index is 0.0833. The number of hydrogen-bond donors (Lipinski definition) is 1. The Labute approximate surface area is 171 Å². The van der Waals surface area contributed by atoms with Gasteiger partial charge in [-0.15, -0.1) is 0 Å². The van der Waals surface area contributed by atoms with Crippen LogP contribution >= 0.6 is 11.3 Å². The normalized spacial score (nSPS) is 18.2. The van der Waals surface area contributed by atoms with Crippen LogP contribution in [0.5, 0.6) is 11.8 Å². The second-order valence-electron chi connectivity index (χ2n) is 6.81. The molecule has 1 aromatic carbocycles. The van der Waals surface area contributed by atoms with E-state index in [1.807, 2.05) is 30.3 Å². The molecule has 1 fully saturated rings. The van der Waals surface area contributed by atoms with Gasteiger partial charge in [0.25, 0.3) is 0 Å². The number of para-hydroxylation sites is 1. The highest BCUT2D eigenvalue weighted by Crippen LogP contribution is 2.35. The highest BCUT2D eigenvalue weighted by atomic mass is 32.1. The summed E-state index contributed by atoms with van der Waals surface area (Å²) in [7, 11) is 1.59. The predicted molar refractivity (Wildman–Crippen MR) is 112 cm³/mol. The van der Waals surface area contributed by atoms with Gasteiger partial charge in [0.2, 0.25) is 11.8 Å². The summed E-state index contributed by atoms with van der Waals surface area (Å²) in [5.74, 6) is 1.00. The van der Waals surface area contributed by atoms with Gasteiger partial charge in [-0.25, -0.2) is 19.9 Å². The molecule has 0 bridgehead atoms. The van der Waals surface area contributed by atoms with Crippen LogP contribution in [0.25, 0.3) is 21.5 Å². The van der Waals surface area contributed by atoms with Gasteiger partial charge in [0.1, 0.15) is 11.8 Å². The van der Waals surface area contributed by atoms with Crippen molar-refractivity contribution in [1.82, 2.24) is 19.9 Å². The molecule has 1 aliphatic rings. The third-order valence-corrected chi connectivity index (χ3v) is 5.85. The van der Waals surface area contributed by atoms with Crippen molar-refractivity contribution >= 4 is 26.7 Å². The highest BCUT2D eigenvalue weighted by Gasteiger charge is 2.32. The standard InChI is InChI=1S/C21H19N5O2S/c1-27-19-15(5-4-8-23-19)18-20(24-10-9-22-18)28-14-11-13(12-14)25-21-26-16-6-2-3-7-17(16)29-21/h2-10,13-14H,11-12H2,1H3,(H,25,26)/t13-,14+. The van der Waals surface area contributed by atoms with Crippen LogP contribution in [0, 0.1) is 0 Å². The van der Waals surface area contributed by atoms with Gasteiger partial charge in [0.15, 0.2) is 5.13 Å². The Kier molecular flexibility index (Phi) is 4.69. The maximum atomic E-state index is 6.15. The molecule has 0 saturated heterocycles. The summed E-state index contributed by atoms with van der Waals surface area (Å²) in [6.07, 6.45) is 6.82. The Morgan fingerprint density at radius 3 is 2.66 bits per heavy atom. The Morgan fingerprint density at radius 2 is 1.79 bits per heavy atom. The smallest absolute Gasteiger partial charge is 0.241 e.